The molecule has 0 aliphatic rings. The molecule has 32 heavy (non-hydrogen) atoms. The van der Waals surface area contributed by atoms with Crippen LogP contribution in [0.1, 0.15) is 16.4 Å². The van der Waals surface area contributed by atoms with E-state index < -0.39 is 59.9 Å². The molecule has 17 nitrogen and oxygen atoms in total. The highest BCUT2D eigenvalue weighted by Crippen LogP contribution is 2.32. The van der Waals surface area contributed by atoms with Gasteiger partial charge < -0.3 is 9.97 Å². The summed E-state index contributed by atoms with van der Waals surface area (Å²) >= 11 is 0. The van der Waals surface area contributed by atoms with Crippen molar-refractivity contribution < 1.29 is 24.5 Å². The normalized spacial score (nSPS) is 11.0. The zero-order valence-electron chi connectivity index (χ0n) is 15.2. The Morgan fingerprint density at radius 1 is 0.625 bits per heavy atom. The topological polar surface area (TPSA) is 247 Å². The van der Waals surface area contributed by atoms with E-state index in [2.05, 4.69) is 19.9 Å². The first kappa shape index (κ1) is 19.9. The minimum absolute atomic E-state index is 0.0342. The minimum Gasteiger partial charge on any atom is -0.335 e. The lowest BCUT2D eigenvalue weighted by Gasteiger charge is -1.94. The van der Waals surface area contributed by atoms with Gasteiger partial charge in [0.15, 0.2) is 11.6 Å². The number of carbonyl (C=O) groups excluding carboxylic acids is 1. The van der Waals surface area contributed by atoms with Gasteiger partial charge in [-0.1, -0.05) is 0 Å². The number of imidazole rings is 2. The van der Waals surface area contributed by atoms with Crippen LogP contribution < -0.4 is 0 Å². The molecule has 2 aromatic carbocycles. The van der Waals surface area contributed by atoms with Crippen LogP contribution in [0.5, 0.6) is 0 Å². The van der Waals surface area contributed by atoms with Gasteiger partial charge in [-0.3, -0.25) is 45.3 Å². The van der Waals surface area contributed by atoms with Gasteiger partial charge in [-0.2, -0.15) is 0 Å². The summed E-state index contributed by atoms with van der Waals surface area (Å²) in [5, 5.41) is 44.3. The van der Waals surface area contributed by atoms with Crippen LogP contribution in [0, 0.1) is 40.5 Å². The molecule has 17 heteroatoms. The summed E-state index contributed by atoms with van der Waals surface area (Å²) in [5.41, 5.74) is -3.54. The number of nitro benzene ring substituents is 4. The zero-order valence-corrected chi connectivity index (χ0v) is 15.2. The molecule has 0 saturated carbocycles. The molecule has 0 bridgehead atoms. The van der Waals surface area contributed by atoms with Gasteiger partial charge in [0, 0.05) is 12.1 Å². The molecule has 0 unspecified atom stereocenters. The van der Waals surface area contributed by atoms with E-state index in [9.17, 15) is 45.3 Å². The first-order valence-corrected chi connectivity index (χ1v) is 8.26. The third-order valence-corrected chi connectivity index (χ3v) is 4.37. The molecule has 0 fully saturated rings. The van der Waals surface area contributed by atoms with Crippen molar-refractivity contribution in [3.8, 4) is 0 Å². The molecule has 4 rings (SSSR count). The number of hydrogen-bond acceptors (Lipinski definition) is 11. The van der Waals surface area contributed by atoms with Crippen LogP contribution in [-0.2, 0) is 0 Å². The number of H-pyrrole nitrogens is 2. The van der Waals surface area contributed by atoms with E-state index in [0.717, 1.165) is 24.3 Å². The van der Waals surface area contributed by atoms with Crippen molar-refractivity contribution in [2.45, 2.75) is 0 Å². The fourth-order valence-corrected chi connectivity index (χ4v) is 2.98. The Morgan fingerprint density at radius 3 is 1.25 bits per heavy atom. The molecule has 0 spiro atoms. The number of fused-ring (bicyclic) bond motifs is 2. The number of benzene rings is 2. The first-order chi connectivity index (χ1) is 15.1. The summed E-state index contributed by atoms with van der Waals surface area (Å²) in [6.45, 7) is 0. The highest BCUT2D eigenvalue weighted by Gasteiger charge is 2.29. The molecule has 2 heterocycles. The third-order valence-electron chi connectivity index (χ3n) is 4.37. The average Bonchev–Trinajstić information content (AvgIpc) is 3.34. The Labute approximate surface area is 172 Å². The van der Waals surface area contributed by atoms with Gasteiger partial charge >= 0.3 is 22.7 Å². The first-order valence-electron chi connectivity index (χ1n) is 8.26. The number of rotatable bonds is 6. The van der Waals surface area contributed by atoms with Crippen molar-refractivity contribution >= 4 is 50.6 Å². The number of nitro groups is 4. The van der Waals surface area contributed by atoms with E-state index in [1.165, 1.54) is 0 Å². The summed E-state index contributed by atoms with van der Waals surface area (Å²) in [4.78, 5) is 65.9. The lowest BCUT2D eigenvalue weighted by atomic mass is 10.2. The van der Waals surface area contributed by atoms with E-state index in [1.807, 2.05) is 0 Å². The molecule has 0 saturated heterocycles. The molecule has 4 aromatic rings. The Morgan fingerprint density at radius 2 is 0.938 bits per heavy atom. The molecular weight excluding hydrogens is 436 g/mol. The fraction of sp³-hybridized carbons (Fsp3) is 0. The van der Waals surface area contributed by atoms with Crippen molar-refractivity contribution in [1.82, 2.24) is 19.9 Å². The fourth-order valence-electron chi connectivity index (χ4n) is 2.98. The Hall–Kier alpha value is -5.35. The molecule has 0 radical (unpaired) electrons. The predicted octanol–water partition coefficient (Wildman–Crippen LogP) is 2.30. The predicted molar refractivity (Wildman–Crippen MR) is 102 cm³/mol. The van der Waals surface area contributed by atoms with E-state index in [4.69, 9.17) is 0 Å². The largest absolute Gasteiger partial charge is 0.348 e. The highest BCUT2D eigenvalue weighted by molar-refractivity contribution is 6.07. The second kappa shape index (κ2) is 6.86. The van der Waals surface area contributed by atoms with Crippen molar-refractivity contribution in [1.29, 1.82) is 0 Å². The molecule has 0 amide bonds. The summed E-state index contributed by atoms with van der Waals surface area (Å²) in [6, 6.07) is 3.35. The van der Waals surface area contributed by atoms with Gasteiger partial charge in [0.2, 0.25) is 0 Å². The maximum absolute atomic E-state index is 12.7. The van der Waals surface area contributed by atoms with Gasteiger partial charge in [-0.05, 0) is 0 Å². The van der Waals surface area contributed by atoms with Crippen LogP contribution >= 0.6 is 0 Å². The second-order valence-electron chi connectivity index (χ2n) is 6.24. The summed E-state index contributed by atoms with van der Waals surface area (Å²) in [6.07, 6.45) is 0. The van der Waals surface area contributed by atoms with Crippen LogP contribution in [0.25, 0.3) is 22.1 Å². The molecule has 0 atom stereocenters. The third kappa shape index (κ3) is 3.10. The minimum atomic E-state index is -0.965. The molecule has 2 aromatic heterocycles. The zero-order chi connectivity index (χ0) is 23.3. The summed E-state index contributed by atoms with van der Waals surface area (Å²) < 4.78 is 0. The number of aromatic amines is 2. The van der Waals surface area contributed by atoms with E-state index >= 15 is 0 Å². The summed E-state index contributed by atoms with van der Waals surface area (Å²) in [7, 11) is 0. The van der Waals surface area contributed by atoms with Crippen molar-refractivity contribution in [2.75, 3.05) is 0 Å². The van der Waals surface area contributed by atoms with Crippen LogP contribution in [-0.4, -0.2) is 45.4 Å². The van der Waals surface area contributed by atoms with Gasteiger partial charge in [-0.15, -0.1) is 0 Å². The lowest BCUT2D eigenvalue weighted by molar-refractivity contribution is -0.422. The SMILES string of the molecule is O=C(c1nc2cc([N+](=O)[O-])c([N+](=O)[O-])cc2[nH]1)c1nc2cc([N+](=O)[O-])c([N+](=O)[O-])cc2[nH]1. The Bertz CT molecular complexity index is 1300. The number of nitrogens with one attached hydrogen (secondary N) is 2. The quantitative estimate of drug-likeness (QED) is 0.249. The monoisotopic (exact) mass is 442 g/mol. The van der Waals surface area contributed by atoms with Crippen molar-refractivity contribution in [3.05, 3.63) is 76.4 Å². The van der Waals surface area contributed by atoms with E-state index in [0.29, 0.717) is 0 Å². The maximum atomic E-state index is 12.7. The van der Waals surface area contributed by atoms with Crippen molar-refractivity contribution in [2.24, 2.45) is 0 Å². The molecule has 2 N–H and O–H groups in total. The number of aromatic nitrogens is 4. The molecule has 160 valence electrons. The highest BCUT2D eigenvalue weighted by atomic mass is 16.6. The van der Waals surface area contributed by atoms with E-state index in [-0.39, 0.29) is 22.1 Å². The Balaban J connectivity index is 1.81. The number of nitrogens with zero attached hydrogens (tertiary/aromatic N) is 6. The van der Waals surface area contributed by atoms with E-state index in [1.54, 1.807) is 0 Å². The standard InChI is InChI=1S/C15H6N8O9/c24-13(14-16-5-1-9(20(25)26)10(21(27)28)2-6(5)17-14)15-18-7-3-11(22(29)30)12(23(31)32)4-8(7)19-15/h1-4H,(H,16,17)(H,18,19). The van der Waals surface area contributed by atoms with Gasteiger partial charge in [0.1, 0.15) is 0 Å². The molecule has 0 aliphatic heterocycles. The van der Waals surface area contributed by atoms with Crippen LogP contribution in [0.4, 0.5) is 22.7 Å². The molecule has 0 aliphatic carbocycles. The maximum Gasteiger partial charge on any atom is 0.348 e. The Kier molecular flexibility index (Phi) is 4.28. The van der Waals surface area contributed by atoms with Gasteiger partial charge in [0.25, 0.3) is 5.78 Å². The van der Waals surface area contributed by atoms with Crippen LogP contribution in [0.2, 0.25) is 0 Å². The van der Waals surface area contributed by atoms with Gasteiger partial charge in [-0.25, -0.2) is 9.97 Å². The van der Waals surface area contributed by atoms with Crippen molar-refractivity contribution in [3.63, 3.8) is 0 Å². The number of ketones is 1. The number of carbonyl (C=O) groups is 1. The van der Waals surface area contributed by atoms with Crippen LogP contribution in [0.3, 0.4) is 0 Å². The smallest absolute Gasteiger partial charge is 0.335 e. The van der Waals surface area contributed by atoms with Crippen LogP contribution in [0.15, 0.2) is 24.3 Å². The average molecular weight is 442 g/mol. The second-order valence-corrected chi connectivity index (χ2v) is 6.24. The number of hydrogen-bond donors (Lipinski definition) is 2. The molecular formula is C15H6N8O9. The van der Waals surface area contributed by atoms with Gasteiger partial charge in [0.05, 0.1) is 53.9 Å². The lowest BCUT2D eigenvalue weighted by Crippen LogP contribution is -2.05. The summed E-state index contributed by atoms with van der Waals surface area (Å²) in [5.74, 6) is -1.68.